The number of carbonyl (C=O) groups excluding carboxylic acids is 1. The second-order valence-electron chi connectivity index (χ2n) is 7.09. The van der Waals surface area contributed by atoms with Gasteiger partial charge in [-0.3, -0.25) is 9.69 Å². The van der Waals surface area contributed by atoms with Crippen LogP contribution < -0.4 is 5.73 Å². The first-order chi connectivity index (χ1) is 10.0. The minimum Gasteiger partial charge on any atom is -0.459 e. The average molecular weight is 318 g/mol. The monoisotopic (exact) mass is 318 g/mol. The maximum atomic E-state index is 11.8. The fraction of sp³-hybridized carbons (Fsp3) is 0.938. The summed E-state index contributed by atoms with van der Waals surface area (Å²) in [6.07, 6.45) is 1.38. The van der Waals surface area contributed by atoms with Crippen molar-refractivity contribution < 1.29 is 19.7 Å². The maximum Gasteiger partial charge on any atom is 0.323 e. The normalized spacial score (nSPS) is 16.4. The molecule has 4 N–H and O–H groups in total. The molecule has 3 atom stereocenters. The van der Waals surface area contributed by atoms with Crippen LogP contribution in [0.2, 0.25) is 0 Å². The molecule has 0 aromatic rings. The van der Waals surface area contributed by atoms with Gasteiger partial charge in [0.2, 0.25) is 0 Å². The summed E-state index contributed by atoms with van der Waals surface area (Å²) in [7, 11) is 0. The minimum absolute atomic E-state index is 0.364. The van der Waals surface area contributed by atoms with Crippen LogP contribution in [0.25, 0.3) is 0 Å². The van der Waals surface area contributed by atoms with Crippen molar-refractivity contribution in [1.82, 2.24) is 4.90 Å². The second-order valence-corrected chi connectivity index (χ2v) is 7.09. The highest BCUT2D eigenvalue weighted by Crippen LogP contribution is 2.10. The largest absolute Gasteiger partial charge is 0.459 e. The van der Waals surface area contributed by atoms with Gasteiger partial charge < -0.3 is 20.7 Å². The predicted molar refractivity (Wildman–Crippen MR) is 87.5 cm³/mol. The van der Waals surface area contributed by atoms with Gasteiger partial charge in [-0.1, -0.05) is 6.42 Å². The Balaban J connectivity index is 4.03. The summed E-state index contributed by atoms with van der Waals surface area (Å²) in [6, 6.07) is -0.596. The third-order valence-electron chi connectivity index (χ3n) is 2.99. The standard InChI is InChI=1S/C16H34N2O4/c1-12(19)10-18(11-13(2)20)9-7-6-8-14(17)15(21)22-16(3,4)5/h12-14,19-20H,6-11,17H2,1-5H3. The molecule has 0 aromatic carbocycles. The number of hydrogen-bond donors (Lipinski definition) is 3. The van der Waals surface area contributed by atoms with Crippen molar-refractivity contribution in [2.45, 2.75) is 77.7 Å². The van der Waals surface area contributed by atoms with Crippen LogP contribution in [0.3, 0.4) is 0 Å². The summed E-state index contributed by atoms with van der Waals surface area (Å²) < 4.78 is 5.24. The van der Waals surface area contributed by atoms with E-state index in [2.05, 4.69) is 0 Å². The molecule has 0 aromatic heterocycles. The van der Waals surface area contributed by atoms with E-state index in [4.69, 9.17) is 10.5 Å². The van der Waals surface area contributed by atoms with Crippen LogP contribution in [0.5, 0.6) is 0 Å². The Bertz CT molecular complexity index is 304. The number of rotatable bonds is 10. The van der Waals surface area contributed by atoms with Gasteiger partial charge in [0, 0.05) is 13.1 Å². The number of unbranched alkanes of at least 4 members (excludes halogenated alkanes) is 1. The van der Waals surface area contributed by atoms with E-state index in [9.17, 15) is 15.0 Å². The predicted octanol–water partition coefficient (Wildman–Crippen LogP) is 0.889. The molecule has 0 saturated carbocycles. The van der Waals surface area contributed by atoms with E-state index < -0.39 is 23.9 Å². The van der Waals surface area contributed by atoms with Gasteiger partial charge in [-0.25, -0.2) is 0 Å². The average Bonchev–Trinajstić information content (AvgIpc) is 2.30. The zero-order valence-corrected chi connectivity index (χ0v) is 14.7. The van der Waals surface area contributed by atoms with E-state index in [1.54, 1.807) is 13.8 Å². The molecule has 0 aliphatic heterocycles. The number of nitrogens with two attached hydrogens (primary N) is 1. The maximum absolute atomic E-state index is 11.8. The van der Waals surface area contributed by atoms with Crippen molar-refractivity contribution in [2.24, 2.45) is 5.73 Å². The Hall–Kier alpha value is -0.690. The minimum atomic E-state index is -0.596. The first kappa shape index (κ1) is 21.3. The van der Waals surface area contributed by atoms with Crippen molar-refractivity contribution in [1.29, 1.82) is 0 Å². The molecule has 6 nitrogen and oxygen atoms in total. The van der Waals surface area contributed by atoms with E-state index in [1.807, 2.05) is 25.7 Å². The zero-order valence-electron chi connectivity index (χ0n) is 14.7. The molecule has 0 fully saturated rings. The van der Waals surface area contributed by atoms with E-state index in [0.29, 0.717) is 19.5 Å². The fourth-order valence-electron chi connectivity index (χ4n) is 2.20. The number of aliphatic hydroxyl groups excluding tert-OH is 2. The first-order valence-electron chi connectivity index (χ1n) is 8.08. The summed E-state index contributed by atoms with van der Waals surface area (Å²) >= 11 is 0. The van der Waals surface area contributed by atoms with Crippen LogP contribution in [0.15, 0.2) is 0 Å². The molecular weight excluding hydrogens is 284 g/mol. The highest BCUT2D eigenvalue weighted by molar-refractivity contribution is 5.75. The SMILES string of the molecule is CC(O)CN(CCCCC(N)C(=O)OC(C)(C)C)CC(C)O. The van der Waals surface area contributed by atoms with Gasteiger partial charge in [-0.2, -0.15) is 0 Å². The van der Waals surface area contributed by atoms with E-state index in [-0.39, 0.29) is 5.97 Å². The fourth-order valence-corrected chi connectivity index (χ4v) is 2.20. The van der Waals surface area contributed by atoms with Crippen LogP contribution in [0.4, 0.5) is 0 Å². The molecule has 0 radical (unpaired) electrons. The summed E-state index contributed by atoms with van der Waals surface area (Å²) in [5.41, 5.74) is 5.32. The molecule has 0 aliphatic rings. The molecule has 6 heteroatoms. The van der Waals surface area contributed by atoms with Crippen molar-refractivity contribution >= 4 is 5.97 Å². The Labute approximate surface area is 134 Å². The highest BCUT2D eigenvalue weighted by atomic mass is 16.6. The molecule has 0 rings (SSSR count). The zero-order chi connectivity index (χ0) is 17.3. The van der Waals surface area contributed by atoms with Crippen LogP contribution in [0.1, 0.15) is 53.9 Å². The number of nitrogens with zero attached hydrogens (tertiary/aromatic N) is 1. The molecular formula is C16H34N2O4. The van der Waals surface area contributed by atoms with E-state index >= 15 is 0 Å². The molecule has 132 valence electrons. The van der Waals surface area contributed by atoms with Crippen molar-refractivity contribution in [3.8, 4) is 0 Å². The van der Waals surface area contributed by atoms with Crippen LogP contribution in [-0.2, 0) is 9.53 Å². The van der Waals surface area contributed by atoms with Gasteiger partial charge in [-0.15, -0.1) is 0 Å². The third kappa shape index (κ3) is 11.9. The van der Waals surface area contributed by atoms with Gasteiger partial charge >= 0.3 is 5.97 Å². The van der Waals surface area contributed by atoms with Crippen LogP contribution >= 0.6 is 0 Å². The molecule has 0 bridgehead atoms. The lowest BCUT2D eigenvalue weighted by atomic mass is 10.1. The van der Waals surface area contributed by atoms with Crippen molar-refractivity contribution in [3.05, 3.63) is 0 Å². The molecule has 0 spiro atoms. The molecule has 0 amide bonds. The number of carbonyl (C=O) groups is 1. The van der Waals surface area contributed by atoms with Crippen LogP contribution in [-0.4, -0.2) is 64.6 Å². The quantitative estimate of drug-likeness (QED) is 0.409. The van der Waals surface area contributed by atoms with Crippen molar-refractivity contribution in [3.63, 3.8) is 0 Å². The number of ether oxygens (including phenoxy) is 1. The van der Waals surface area contributed by atoms with Crippen LogP contribution in [0, 0.1) is 0 Å². The number of aliphatic hydroxyl groups is 2. The summed E-state index contributed by atoms with van der Waals surface area (Å²) in [5, 5.41) is 18.9. The molecule has 22 heavy (non-hydrogen) atoms. The van der Waals surface area contributed by atoms with Gasteiger partial charge in [-0.05, 0) is 54.0 Å². The molecule has 0 aliphatic carbocycles. The Morgan fingerprint density at radius 2 is 1.64 bits per heavy atom. The number of hydrogen-bond acceptors (Lipinski definition) is 6. The molecule has 0 saturated heterocycles. The smallest absolute Gasteiger partial charge is 0.323 e. The Kier molecular flexibility index (Phi) is 9.84. The molecule has 3 unspecified atom stereocenters. The lowest BCUT2D eigenvalue weighted by Gasteiger charge is -2.25. The third-order valence-corrected chi connectivity index (χ3v) is 2.99. The van der Waals surface area contributed by atoms with Gasteiger partial charge in [0.05, 0.1) is 12.2 Å². The Morgan fingerprint density at radius 3 is 2.05 bits per heavy atom. The van der Waals surface area contributed by atoms with Gasteiger partial charge in [0.25, 0.3) is 0 Å². The molecule has 0 heterocycles. The Morgan fingerprint density at radius 1 is 1.14 bits per heavy atom. The summed E-state index contributed by atoms with van der Waals surface area (Å²) in [6.45, 7) is 10.7. The summed E-state index contributed by atoms with van der Waals surface area (Å²) in [5.74, 6) is -0.364. The topological polar surface area (TPSA) is 96.0 Å². The van der Waals surface area contributed by atoms with Gasteiger partial charge in [0.1, 0.15) is 11.6 Å². The summed E-state index contributed by atoms with van der Waals surface area (Å²) in [4.78, 5) is 13.8. The second kappa shape index (κ2) is 10.2. The van der Waals surface area contributed by atoms with E-state index in [0.717, 1.165) is 19.4 Å². The van der Waals surface area contributed by atoms with Gasteiger partial charge in [0.15, 0.2) is 0 Å². The lowest BCUT2D eigenvalue weighted by Crippen LogP contribution is -2.38. The van der Waals surface area contributed by atoms with Crippen molar-refractivity contribution in [2.75, 3.05) is 19.6 Å². The number of esters is 1. The first-order valence-corrected chi connectivity index (χ1v) is 8.08. The lowest BCUT2D eigenvalue weighted by molar-refractivity contribution is -0.156. The van der Waals surface area contributed by atoms with E-state index in [1.165, 1.54) is 0 Å². The highest BCUT2D eigenvalue weighted by Gasteiger charge is 2.21.